The molecule has 0 aliphatic rings. The minimum absolute atomic E-state index is 0.0401. The molecule has 1 heterocycles. The minimum atomic E-state index is -1.08. The van der Waals surface area contributed by atoms with E-state index in [1.54, 1.807) is 6.92 Å². The molecule has 2 aromatic rings. The first-order chi connectivity index (χ1) is 8.49. The summed E-state index contributed by atoms with van der Waals surface area (Å²) in [6, 6.07) is 7.56. The third kappa shape index (κ3) is 2.20. The molecule has 0 fully saturated rings. The van der Waals surface area contributed by atoms with Crippen LogP contribution in [-0.2, 0) is 0 Å². The Morgan fingerprint density at radius 2 is 1.89 bits per heavy atom. The predicted octanol–water partition coefficient (Wildman–Crippen LogP) is 2.41. The number of anilines is 1. The fourth-order valence-corrected chi connectivity index (χ4v) is 1.62. The Hall–Kier alpha value is -2.30. The number of nitrogens with zero attached hydrogens (tertiary/aromatic N) is 2. The first-order valence-electron chi connectivity index (χ1n) is 5.47. The van der Waals surface area contributed by atoms with Gasteiger partial charge in [0.05, 0.1) is 0 Å². The number of hydrogen-bond acceptors (Lipinski definition) is 4. The maximum atomic E-state index is 10.9. The topological polar surface area (TPSA) is 66.6 Å². The third-order valence-electron chi connectivity index (χ3n) is 2.63. The molecule has 5 heteroatoms. The van der Waals surface area contributed by atoms with E-state index in [4.69, 9.17) is 9.52 Å². The van der Waals surface area contributed by atoms with Crippen LogP contribution in [0.1, 0.15) is 16.2 Å². The van der Waals surface area contributed by atoms with Gasteiger partial charge >= 0.3 is 5.97 Å². The van der Waals surface area contributed by atoms with Crippen LogP contribution in [0.25, 0.3) is 11.5 Å². The fourth-order valence-electron chi connectivity index (χ4n) is 1.62. The molecule has 0 saturated heterocycles. The van der Waals surface area contributed by atoms with E-state index in [0.717, 1.165) is 11.3 Å². The summed E-state index contributed by atoms with van der Waals surface area (Å²) in [4.78, 5) is 16.8. The number of carboxylic acids is 1. The molecule has 0 aliphatic heterocycles. The van der Waals surface area contributed by atoms with Crippen LogP contribution in [0.3, 0.4) is 0 Å². The zero-order chi connectivity index (χ0) is 13.3. The number of rotatable bonds is 3. The first-order valence-corrected chi connectivity index (χ1v) is 5.47. The van der Waals surface area contributed by atoms with Crippen molar-refractivity contribution in [3.8, 4) is 11.5 Å². The summed E-state index contributed by atoms with van der Waals surface area (Å²) >= 11 is 0. The van der Waals surface area contributed by atoms with E-state index < -0.39 is 5.97 Å². The van der Waals surface area contributed by atoms with Crippen LogP contribution in [0.4, 0.5) is 5.69 Å². The van der Waals surface area contributed by atoms with Gasteiger partial charge in [-0.15, -0.1) is 0 Å². The summed E-state index contributed by atoms with van der Waals surface area (Å²) < 4.78 is 5.36. The third-order valence-corrected chi connectivity index (χ3v) is 2.63. The van der Waals surface area contributed by atoms with E-state index >= 15 is 0 Å². The molecule has 0 radical (unpaired) electrons. The molecule has 0 bridgehead atoms. The molecule has 1 N–H and O–H groups in total. The van der Waals surface area contributed by atoms with Crippen LogP contribution in [0.2, 0.25) is 0 Å². The molecule has 18 heavy (non-hydrogen) atoms. The Morgan fingerprint density at radius 3 is 2.33 bits per heavy atom. The summed E-state index contributed by atoms with van der Waals surface area (Å²) in [5.74, 6) is -0.434. The second kappa shape index (κ2) is 4.52. The molecule has 5 nitrogen and oxygen atoms in total. The number of carbonyl (C=O) groups is 1. The number of benzene rings is 1. The number of oxazole rings is 1. The standard InChI is InChI=1S/C13H14N2O3/c1-8-11(13(16)17)14-12(18-8)9-4-6-10(7-5-9)15(2)3/h4-7H,1-3H3,(H,16,17). The second-order valence-electron chi connectivity index (χ2n) is 4.17. The summed E-state index contributed by atoms with van der Waals surface area (Å²) in [5, 5.41) is 8.91. The predicted molar refractivity (Wildman–Crippen MR) is 68.0 cm³/mol. The van der Waals surface area contributed by atoms with Crippen molar-refractivity contribution in [3.05, 3.63) is 35.7 Å². The molecule has 0 unspecified atom stereocenters. The van der Waals surface area contributed by atoms with Crippen molar-refractivity contribution in [2.75, 3.05) is 19.0 Å². The number of carboxylic acid groups (broad SMARTS) is 1. The van der Waals surface area contributed by atoms with Crippen molar-refractivity contribution < 1.29 is 14.3 Å². The molecule has 1 aromatic heterocycles. The van der Waals surface area contributed by atoms with Crippen LogP contribution in [-0.4, -0.2) is 30.2 Å². The highest BCUT2D eigenvalue weighted by Gasteiger charge is 2.16. The average Bonchev–Trinajstić information content (AvgIpc) is 2.71. The Labute approximate surface area is 105 Å². The molecule has 2 rings (SSSR count). The number of hydrogen-bond donors (Lipinski definition) is 1. The van der Waals surface area contributed by atoms with Crippen LogP contribution < -0.4 is 4.90 Å². The van der Waals surface area contributed by atoms with E-state index in [0.29, 0.717) is 11.7 Å². The van der Waals surface area contributed by atoms with Gasteiger partial charge in [0, 0.05) is 25.3 Å². The van der Waals surface area contributed by atoms with E-state index in [1.807, 2.05) is 43.3 Å². The molecular weight excluding hydrogens is 232 g/mol. The van der Waals surface area contributed by atoms with Gasteiger partial charge in [-0.3, -0.25) is 0 Å². The molecular formula is C13H14N2O3. The van der Waals surface area contributed by atoms with Gasteiger partial charge < -0.3 is 14.4 Å². The highest BCUT2D eigenvalue weighted by Crippen LogP contribution is 2.23. The summed E-state index contributed by atoms with van der Waals surface area (Å²) in [7, 11) is 3.90. The summed E-state index contributed by atoms with van der Waals surface area (Å²) in [6.07, 6.45) is 0. The number of aromatic nitrogens is 1. The lowest BCUT2D eigenvalue weighted by Crippen LogP contribution is -2.07. The summed E-state index contributed by atoms with van der Waals surface area (Å²) in [6.45, 7) is 1.59. The van der Waals surface area contributed by atoms with Crippen molar-refractivity contribution >= 4 is 11.7 Å². The van der Waals surface area contributed by atoms with Gasteiger partial charge in [0.2, 0.25) is 5.89 Å². The number of aryl methyl sites for hydroxylation is 1. The van der Waals surface area contributed by atoms with E-state index in [1.165, 1.54) is 0 Å². The lowest BCUT2D eigenvalue weighted by Gasteiger charge is -2.11. The zero-order valence-electron chi connectivity index (χ0n) is 10.5. The van der Waals surface area contributed by atoms with Crippen molar-refractivity contribution in [3.63, 3.8) is 0 Å². The van der Waals surface area contributed by atoms with E-state index in [2.05, 4.69) is 4.98 Å². The van der Waals surface area contributed by atoms with Gasteiger partial charge in [-0.05, 0) is 31.2 Å². The lowest BCUT2D eigenvalue weighted by molar-refractivity contribution is 0.0689. The lowest BCUT2D eigenvalue weighted by atomic mass is 10.2. The maximum Gasteiger partial charge on any atom is 0.358 e. The Morgan fingerprint density at radius 1 is 1.28 bits per heavy atom. The van der Waals surface area contributed by atoms with Gasteiger partial charge in [0.1, 0.15) is 5.76 Å². The van der Waals surface area contributed by atoms with E-state index in [9.17, 15) is 4.79 Å². The molecule has 0 amide bonds. The van der Waals surface area contributed by atoms with Gasteiger partial charge in [-0.1, -0.05) is 0 Å². The molecule has 0 saturated carbocycles. The molecule has 0 aliphatic carbocycles. The molecule has 1 aromatic carbocycles. The monoisotopic (exact) mass is 246 g/mol. The van der Waals surface area contributed by atoms with Gasteiger partial charge in [0.15, 0.2) is 5.69 Å². The smallest absolute Gasteiger partial charge is 0.358 e. The fraction of sp³-hybridized carbons (Fsp3) is 0.231. The van der Waals surface area contributed by atoms with Crippen molar-refractivity contribution in [2.45, 2.75) is 6.92 Å². The van der Waals surface area contributed by atoms with Crippen molar-refractivity contribution in [1.82, 2.24) is 4.98 Å². The number of aromatic carboxylic acids is 1. The Balaban J connectivity index is 2.37. The van der Waals surface area contributed by atoms with Gasteiger partial charge in [-0.2, -0.15) is 0 Å². The van der Waals surface area contributed by atoms with Crippen LogP contribution >= 0.6 is 0 Å². The second-order valence-corrected chi connectivity index (χ2v) is 4.17. The highest BCUT2D eigenvalue weighted by atomic mass is 16.4. The zero-order valence-corrected chi connectivity index (χ0v) is 10.5. The van der Waals surface area contributed by atoms with Crippen molar-refractivity contribution in [2.24, 2.45) is 0 Å². The highest BCUT2D eigenvalue weighted by molar-refractivity contribution is 5.87. The average molecular weight is 246 g/mol. The summed E-state index contributed by atoms with van der Waals surface area (Å²) in [5.41, 5.74) is 1.78. The normalized spacial score (nSPS) is 10.4. The molecule has 0 atom stereocenters. The quantitative estimate of drug-likeness (QED) is 0.900. The van der Waals surface area contributed by atoms with Crippen LogP contribution in [0, 0.1) is 6.92 Å². The van der Waals surface area contributed by atoms with Crippen LogP contribution in [0.15, 0.2) is 28.7 Å². The van der Waals surface area contributed by atoms with Crippen LogP contribution in [0.5, 0.6) is 0 Å². The van der Waals surface area contributed by atoms with Crippen molar-refractivity contribution in [1.29, 1.82) is 0 Å². The first kappa shape index (κ1) is 12.2. The van der Waals surface area contributed by atoms with Gasteiger partial charge in [-0.25, -0.2) is 9.78 Å². The SMILES string of the molecule is Cc1oc(-c2ccc(N(C)C)cc2)nc1C(=O)O. The Kier molecular flexibility index (Phi) is 3.06. The molecule has 0 spiro atoms. The largest absolute Gasteiger partial charge is 0.476 e. The minimum Gasteiger partial charge on any atom is -0.476 e. The van der Waals surface area contributed by atoms with Gasteiger partial charge in [0.25, 0.3) is 0 Å². The Bertz CT molecular complexity index is 570. The maximum absolute atomic E-state index is 10.9. The molecule has 94 valence electrons. The van der Waals surface area contributed by atoms with E-state index in [-0.39, 0.29) is 5.69 Å².